The summed E-state index contributed by atoms with van der Waals surface area (Å²) < 4.78 is 11.6. The Morgan fingerprint density at radius 1 is 1.04 bits per heavy atom. The second-order valence-corrected chi connectivity index (χ2v) is 7.32. The molecule has 3 heteroatoms. The summed E-state index contributed by atoms with van der Waals surface area (Å²) >= 11 is 0. The minimum absolute atomic E-state index is 0.0917. The van der Waals surface area contributed by atoms with Crippen LogP contribution < -0.4 is 4.74 Å². The van der Waals surface area contributed by atoms with Crippen LogP contribution in [-0.2, 0) is 4.74 Å². The Hall–Kier alpha value is -2.00. The predicted octanol–water partition coefficient (Wildman–Crippen LogP) is 5.99. The summed E-state index contributed by atoms with van der Waals surface area (Å²) in [5.74, 6) is 2.18. The zero-order chi connectivity index (χ0) is 18.4. The molecule has 1 saturated heterocycles. The maximum Gasteiger partial charge on any atom is 0.199 e. The largest absolute Gasteiger partial charge is 0.508 e. The SMILES string of the molecule is CCC(CC(C)c1ccc(OC2CCCCO2)cc1)c1ccc(O)cc1. The number of rotatable bonds is 7. The van der Waals surface area contributed by atoms with E-state index in [1.165, 1.54) is 17.5 Å². The first-order valence-electron chi connectivity index (χ1n) is 9.83. The topological polar surface area (TPSA) is 38.7 Å². The summed E-state index contributed by atoms with van der Waals surface area (Å²) in [5, 5.41) is 9.49. The molecule has 0 amide bonds. The van der Waals surface area contributed by atoms with Crippen LogP contribution in [0.15, 0.2) is 48.5 Å². The molecule has 3 atom stereocenters. The van der Waals surface area contributed by atoms with Gasteiger partial charge >= 0.3 is 0 Å². The van der Waals surface area contributed by atoms with Gasteiger partial charge in [0.05, 0.1) is 6.61 Å². The molecule has 3 rings (SSSR count). The number of hydrogen-bond acceptors (Lipinski definition) is 3. The van der Waals surface area contributed by atoms with Crippen LogP contribution in [0.25, 0.3) is 0 Å². The first-order chi connectivity index (χ1) is 12.7. The quantitative estimate of drug-likeness (QED) is 0.664. The van der Waals surface area contributed by atoms with Gasteiger partial charge in [-0.05, 0) is 72.9 Å². The molecule has 0 spiro atoms. The van der Waals surface area contributed by atoms with Gasteiger partial charge in [0.2, 0.25) is 0 Å². The highest BCUT2D eigenvalue weighted by Gasteiger charge is 2.17. The average molecular weight is 354 g/mol. The maximum absolute atomic E-state index is 9.49. The molecule has 26 heavy (non-hydrogen) atoms. The van der Waals surface area contributed by atoms with Gasteiger partial charge in [-0.2, -0.15) is 0 Å². The van der Waals surface area contributed by atoms with E-state index in [1.54, 1.807) is 12.1 Å². The van der Waals surface area contributed by atoms with E-state index >= 15 is 0 Å². The fourth-order valence-corrected chi connectivity index (χ4v) is 3.68. The molecule has 0 radical (unpaired) electrons. The lowest BCUT2D eigenvalue weighted by Crippen LogP contribution is -2.24. The third-order valence-electron chi connectivity index (χ3n) is 5.35. The van der Waals surface area contributed by atoms with Crippen LogP contribution in [0.4, 0.5) is 0 Å². The van der Waals surface area contributed by atoms with Crippen molar-refractivity contribution in [3.05, 3.63) is 59.7 Å². The zero-order valence-electron chi connectivity index (χ0n) is 15.9. The Labute approximate surface area is 157 Å². The van der Waals surface area contributed by atoms with Crippen molar-refractivity contribution in [1.82, 2.24) is 0 Å². The number of benzene rings is 2. The van der Waals surface area contributed by atoms with Crippen molar-refractivity contribution < 1.29 is 14.6 Å². The molecular formula is C23H30O3. The van der Waals surface area contributed by atoms with E-state index in [9.17, 15) is 5.11 Å². The van der Waals surface area contributed by atoms with E-state index in [4.69, 9.17) is 9.47 Å². The van der Waals surface area contributed by atoms with Crippen LogP contribution in [0.5, 0.6) is 11.5 Å². The van der Waals surface area contributed by atoms with Crippen molar-refractivity contribution in [3.8, 4) is 11.5 Å². The van der Waals surface area contributed by atoms with Crippen LogP contribution in [0.3, 0.4) is 0 Å². The molecule has 1 aliphatic heterocycles. The van der Waals surface area contributed by atoms with Crippen LogP contribution in [0.2, 0.25) is 0 Å². The number of phenols is 1. The third-order valence-corrected chi connectivity index (χ3v) is 5.35. The van der Waals surface area contributed by atoms with Crippen molar-refractivity contribution in [3.63, 3.8) is 0 Å². The molecule has 140 valence electrons. The van der Waals surface area contributed by atoms with E-state index in [-0.39, 0.29) is 6.29 Å². The van der Waals surface area contributed by atoms with Gasteiger partial charge in [0, 0.05) is 6.42 Å². The van der Waals surface area contributed by atoms with Crippen molar-refractivity contribution in [2.24, 2.45) is 0 Å². The Balaban J connectivity index is 1.59. The summed E-state index contributed by atoms with van der Waals surface area (Å²) in [6.07, 6.45) is 5.38. The average Bonchev–Trinajstić information content (AvgIpc) is 2.68. The van der Waals surface area contributed by atoms with E-state index in [2.05, 4.69) is 38.1 Å². The lowest BCUT2D eigenvalue weighted by Gasteiger charge is -2.24. The van der Waals surface area contributed by atoms with E-state index in [1.807, 2.05) is 12.1 Å². The van der Waals surface area contributed by atoms with Gasteiger partial charge in [0.1, 0.15) is 11.5 Å². The fourth-order valence-electron chi connectivity index (χ4n) is 3.68. The molecule has 3 unspecified atom stereocenters. The Morgan fingerprint density at radius 3 is 2.35 bits per heavy atom. The molecule has 0 saturated carbocycles. The molecule has 2 aromatic carbocycles. The Kier molecular flexibility index (Phi) is 6.56. The third kappa shape index (κ3) is 5.01. The molecule has 0 aliphatic carbocycles. The minimum atomic E-state index is -0.0917. The van der Waals surface area contributed by atoms with Crippen molar-refractivity contribution in [2.45, 2.75) is 64.1 Å². The predicted molar refractivity (Wildman–Crippen MR) is 105 cm³/mol. The van der Waals surface area contributed by atoms with Gasteiger partial charge in [-0.15, -0.1) is 0 Å². The summed E-state index contributed by atoms with van der Waals surface area (Å²) in [5.41, 5.74) is 2.63. The van der Waals surface area contributed by atoms with Crippen LogP contribution >= 0.6 is 0 Å². The molecule has 1 heterocycles. The highest BCUT2D eigenvalue weighted by molar-refractivity contribution is 5.31. The second kappa shape index (κ2) is 9.09. The van der Waals surface area contributed by atoms with Crippen LogP contribution in [0, 0.1) is 0 Å². The number of hydrogen-bond donors (Lipinski definition) is 1. The van der Waals surface area contributed by atoms with E-state index in [0.717, 1.165) is 38.0 Å². The molecule has 1 fully saturated rings. The lowest BCUT2D eigenvalue weighted by atomic mass is 9.84. The van der Waals surface area contributed by atoms with Crippen molar-refractivity contribution >= 4 is 0 Å². The molecule has 0 bridgehead atoms. The van der Waals surface area contributed by atoms with Crippen LogP contribution in [-0.4, -0.2) is 18.0 Å². The maximum atomic E-state index is 9.49. The molecular weight excluding hydrogens is 324 g/mol. The summed E-state index contributed by atoms with van der Waals surface area (Å²) in [4.78, 5) is 0. The van der Waals surface area contributed by atoms with E-state index in [0.29, 0.717) is 17.6 Å². The Morgan fingerprint density at radius 2 is 1.73 bits per heavy atom. The van der Waals surface area contributed by atoms with E-state index < -0.39 is 0 Å². The molecule has 1 aliphatic rings. The number of phenolic OH excluding ortho intramolecular Hbond substituents is 1. The number of aromatic hydroxyl groups is 1. The number of ether oxygens (including phenoxy) is 2. The summed E-state index contributed by atoms with van der Waals surface area (Å²) in [6.45, 7) is 5.31. The highest BCUT2D eigenvalue weighted by Crippen LogP contribution is 2.33. The Bertz CT molecular complexity index is 657. The molecule has 2 aromatic rings. The molecule has 1 N–H and O–H groups in total. The first kappa shape index (κ1) is 18.8. The van der Waals surface area contributed by atoms with Crippen LogP contribution in [0.1, 0.15) is 68.9 Å². The molecule has 0 aromatic heterocycles. The fraction of sp³-hybridized carbons (Fsp3) is 0.478. The highest BCUT2D eigenvalue weighted by atomic mass is 16.7. The monoisotopic (exact) mass is 354 g/mol. The first-order valence-corrected chi connectivity index (χ1v) is 9.83. The van der Waals surface area contributed by atoms with Gasteiger partial charge in [0.25, 0.3) is 0 Å². The minimum Gasteiger partial charge on any atom is -0.508 e. The standard InChI is InChI=1S/C23H30O3/c1-3-18(20-7-11-21(24)12-8-20)16-17(2)19-9-13-22(14-10-19)26-23-6-4-5-15-25-23/h7-14,17-18,23-24H,3-6,15-16H2,1-2H3. The summed E-state index contributed by atoms with van der Waals surface area (Å²) in [7, 11) is 0. The van der Waals surface area contributed by atoms with Gasteiger partial charge in [-0.25, -0.2) is 0 Å². The van der Waals surface area contributed by atoms with Gasteiger partial charge < -0.3 is 14.6 Å². The lowest BCUT2D eigenvalue weighted by molar-refractivity contribution is -0.105. The van der Waals surface area contributed by atoms with Gasteiger partial charge in [-0.3, -0.25) is 0 Å². The van der Waals surface area contributed by atoms with Gasteiger partial charge in [-0.1, -0.05) is 38.1 Å². The summed E-state index contributed by atoms with van der Waals surface area (Å²) in [6, 6.07) is 16.1. The van der Waals surface area contributed by atoms with Crippen molar-refractivity contribution in [1.29, 1.82) is 0 Å². The van der Waals surface area contributed by atoms with Gasteiger partial charge in [0.15, 0.2) is 6.29 Å². The van der Waals surface area contributed by atoms with Crippen molar-refractivity contribution in [2.75, 3.05) is 6.61 Å². The smallest absolute Gasteiger partial charge is 0.199 e. The second-order valence-electron chi connectivity index (χ2n) is 7.32. The normalized spacial score (nSPS) is 19.7. The zero-order valence-corrected chi connectivity index (χ0v) is 15.9. The molecule has 3 nitrogen and oxygen atoms in total.